The van der Waals surface area contributed by atoms with Crippen LogP contribution in [0.2, 0.25) is 0 Å². The molecule has 0 aliphatic heterocycles. The van der Waals surface area contributed by atoms with Gasteiger partial charge in [0.2, 0.25) is 0 Å². The van der Waals surface area contributed by atoms with E-state index in [0.717, 1.165) is 5.57 Å². The molecule has 0 saturated carbocycles. The Bertz CT molecular complexity index is 112. The molecule has 0 aromatic carbocycles. The normalized spacial score (nSPS) is 7.45. The van der Waals surface area contributed by atoms with Crippen LogP contribution in [0.1, 0.15) is 13.8 Å². The Morgan fingerprint density at radius 2 is 1.82 bits per heavy atom. The minimum Gasteiger partial charge on any atom is -0.335 e. The summed E-state index contributed by atoms with van der Waals surface area (Å²) in [6, 6.07) is 0. The monoisotopic (exact) mass is 229 g/mol. The molecule has 0 rings (SSSR count). The molecule has 0 saturated heterocycles. The fraction of sp³-hybridized carbons (Fsp3) is 0.200. The first-order valence-corrected chi connectivity index (χ1v) is 3.23. The zero-order valence-electron chi connectivity index (χ0n) is 7.38. The molecule has 1 heteroatoms. The van der Waals surface area contributed by atoms with E-state index in [1.54, 1.807) is 18.2 Å². The van der Waals surface area contributed by atoms with Gasteiger partial charge in [0.05, 0.1) is 0 Å². The Balaban J connectivity index is -0.000000140. The minimum absolute atomic E-state index is 0. The van der Waals surface area contributed by atoms with Crippen LogP contribution >= 0.6 is 0 Å². The molecule has 0 aromatic heterocycles. The van der Waals surface area contributed by atoms with Crippen LogP contribution in [0.5, 0.6) is 0 Å². The van der Waals surface area contributed by atoms with E-state index in [2.05, 4.69) is 20.1 Å². The Morgan fingerprint density at radius 1 is 1.45 bits per heavy atom. The first-order chi connectivity index (χ1) is 4.68. The summed E-state index contributed by atoms with van der Waals surface area (Å²) in [6.07, 6.45) is 7.29. The third-order valence-corrected chi connectivity index (χ3v) is 0.468. The maximum Gasteiger partial charge on any atom is 2.00 e. The topological polar surface area (TPSA) is 0 Å². The van der Waals surface area contributed by atoms with Gasteiger partial charge in [0, 0.05) is 0 Å². The van der Waals surface area contributed by atoms with Gasteiger partial charge in [0.25, 0.3) is 0 Å². The van der Waals surface area contributed by atoms with Crippen LogP contribution in [0.15, 0.2) is 37.0 Å². The Labute approximate surface area is 86.6 Å². The molecular formula is C10H16Nb. The predicted molar refractivity (Wildman–Crippen MR) is 49.5 cm³/mol. The summed E-state index contributed by atoms with van der Waals surface area (Å²) in [5.41, 5.74) is 0.805. The van der Waals surface area contributed by atoms with Crippen molar-refractivity contribution in [3.8, 4) is 0 Å². The van der Waals surface area contributed by atoms with Crippen LogP contribution in [-0.2, 0) is 22.4 Å². The fourth-order valence-electron chi connectivity index (χ4n) is 0.204. The largest absolute Gasteiger partial charge is 2.00 e. The molecule has 0 N–H and O–H groups in total. The molecule has 0 bridgehead atoms. The molecule has 0 aromatic rings. The average molecular weight is 229 g/mol. The average Bonchev–Trinajstić information content (AvgIpc) is 1.85. The number of hydrogen-bond donors (Lipinski definition) is 0. The van der Waals surface area contributed by atoms with Crippen LogP contribution in [0.3, 0.4) is 0 Å². The van der Waals surface area contributed by atoms with Crippen molar-refractivity contribution in [1.82, 2.24) is 0 Å². The standard InChI is InChI=1S/C7H9.C3H7.Nb/c1-4-5-6-7(2)3;1-3-2;/h4-6H,1-3H2;3H,1-2H3;/q2*-1;+2/b6-5-;;. The maximum atomic E-state index is 3.55. The van der Waals surface area contributed by atoms with E-state index in [4.69, 9.17) is 0 Å². The SMILES string of the molecule is C=C/C=C\C(=C)[CH2-].C[CH-]C.[Nb+2]. The molecule has 1 radical (unpaired) electrons. The van der Waals surface area contributed by atoms with Crippen LogP contribution in [0.4, 0.5) is 0 Å². The van der Waals surface area contributed by atoms with Crippen molar-refractivity contribution >= 4 is 0 Å². The van der Waals surface area contributed by atoms with Crippen molar-refractivity contribution in [1.29, 1.82) is 0 Å². The van der Waals surface area contributed by atoms with Gasteiger partial charge in [0.15, 0.2) is 0 Å². The van der Waals surface area contributed by atoms with Gasteiger partial charge >= 0.3 is 22.4 Å². The summed E-state index contributed by atoms with van der Waals surface area (Å²) in [6.45, 7) is 14.6. The molecule has 0 spiro atoms. The zero-order valence-corrected chi connectivity index (χ0v) is 9.58. The van der Waals surface area contributed by atoms with E-state index < -0.39 is 0 Å². The van der Waals surface area contributed by atoms with E-state index in [9.17, 15) is 0 Å². The molecule has 0 aliphatic rings. The summed E-state index contributed by atoms with van der Waals surface area (Å²) in [5, 5.41) is 0. The molecule has 0 amide bonds. The molecule has 0 aliphatic carbocycles. The summed E-state index contributed by atoms with van der Waals surface area (Å²) in [4.78, 5) is 0. The van der Waals surface area contributed by atoms with Gasteiger partial charge in [0.1, 0.15) is 0 Å². The zero-order chi connectivity index (χ0) is 8.41. The number of rotatable bonds is 2. The van der Waals surface area contributed by atoms with Gasteiger partial charge in [-0.15, -0.1) is 12.7 Å². The van der Waals surface area contributed by atoms with Crippen molar-refractivity contribution in [3.63, 3.8) is 0 Å². The molecule has 0 unspecified atom stereocenters. The third kappa shape index (κ3) is 41.1. The van der Waals surface area contributed by atoms with Crippen molar-refractivity contribution in [2.45, 2.75) is 13.8 Å². The third-order valence-electron chi connectivity index (χ3n) is 0.468. The van der Waals surface area contributed by atoms with Gasteiger partial charge in [-0.2, -0.15) is 33.4 Å². The molecule has 11 heavy (non-hydrogen) atoms. The van der Waals surface area contributed by atoms with Gasteiger partial charge in [-0.05, 0) is 0 Å². The maximum absolute atomic E-state index is 3.55. The van der Waals surface area contributed by atoms with Gasteiger partial charge < -0.3 is 6.42 Å². The minimum atomic E-state index is 0. The van der Waals surface area contributed by atoms with Crippen LogP contribution in [0, 0.1) is 13.3 Å². The van der Waals surface area contributed by atoms with Gasteiger partial charge in [-0.3, -0.25) is 0 Å². The van der Waals surface area contributed by atoms with Crippen LogP contribution in [0.25, 0.3) is 0 Å². The first kappa shape index (κ1) is 17.1. The second-order valence-corrected chi connectivity index (χ2v) is 1.83. The molecule has 0 heterocycles. The summed E-state index contributed by atoms with van der Waals surface area (Å²) < 4.78 is 0. The van der Waals surface area contributed by atoms with Crippen LogP contribution < -0.4 is 0 Å². The summed E-state index contributed by atoms with van der Waals surface area (Å²) in [5.74, 6) is 0. The number of hydrogen-bond acceptors (Lipinski definition) is 0. The Kier molecular flexibility index (Phi) is 25.5. The number of allylic oxidation sites excluding steroid dienone is 4. The molecule has 61 valence electrons. The van der Waals surface area contributed by atoms with E-state index in [1.807, 2.05) is 20.3 Å². The molecule has 0 atom stereocenters. The first-order valence-electron chi connectivity index (χ1n) is 3.23. The molecular weight excluding hydrogens is 213 g/mol. The van der Waals surface area contributed by atoms with E-state index >= 15 is 0 Å². The van der Waals surface area contributed by atoms with E-state index in [-0.39, 0.29) is 22.4 Å². The predicted octanol–water partition coefficient (Wildman–Crippen LogP) is 3.35. The van der Waals surface area contributed by atoms with Crippen LogP contribution in [-0.4, -0.2) is 0 Å². The van der Waals surface area contributed by atoms with E-state index in [0.29, 0.717) is 0 Å². The Morgan fingerprint density at radius 3 is 1.91 bits per heavy atom. The molecule has 0 nitrogen and oxygen atoms in total. The summed E-state index contributed by atoms with van der Waals surface area (Å²) >= 11 is 0. The fourth-order valence-corrected chi connectivity index (χ4v) is 0.204. The van der Waals surface area contributed by atoms with Crippen molar-refractivity contribution in [3.05, 3.63) is 50.3 Å². The smallest absolute Gasteiger partial charge is 0.335 e. The van der Waals surface area contributed by atoms with Crippen molar-refractivity contribution in [2.24, 2.45) is 0 Å². The van der Waals surface area contributed by atoms with Gasteiger partial charge in [-0.25, -0.2) is 5.57 Å². The summed E-state index contributed by atoms with van der Waals surface area (Å²) in [7, 11) is 0. The van der Waals surface area contributed by atoms with E-state index in [1.165, 1.54) is 0 Å². The second kappa shape index (κ2) is 16.4. The second-order valence-electron chi connectivity index (χ2n) is 1.83. The van der Waals surface area contributed by atoms with Crippen molar-refractivity contribution in [2.75, 3.05) is 0 Å². The molecule has 0 fully saturated rings. The van der Waals surface area contributed by atoms with Crippen molar-refractivity contribution < 1.29 is 22.4 Å². The quantitative estimate of drug-likeness (QED) is 0.387. The van der Waals surface area contributed by atoms with Gasteiger partial charge in [-0.1, -0.05) is 6.08 Å². The Hall–Kier alpha value is -0.170.